The van der Waals surface area contributed by atoms with Gasteiger partial charge in [-0.1, -0.05) is 0 Å². The van der Waals surface area contributed by atoms with E-state index in [-0.39, 0.29) is 17.4 Å². The highest BCUT2D eigenvalue weighted by Gasteiger charge is 2.27. The average Bonchev–Trinajstić information content (AvgIpc) is 2.83. The fourth-order valence-corrected chi connectivity index (χ4v) is 2.44. The maximum Gasteiger partial charge on any atom is 0.287 e. The van der Waals surface area contributed by atoms with Crippen LogP contribution in [-0.2, 0) is 17.8 Å². The minimum Gasteiger partial charge on any atom is -0.349 e. The summed E-state index contributed by atoms with van der Waals surface area (Å²) in [5.41, 5.74) is 1.02. The Labute approximate surface area is 136 Å². The Morgan fingerprint density at radius 1 is 1.33 bits per heavy atom. The van der Waals surface area contributed by atoms with Gasteiger partial charge in [0.25, 0.3) is 5.92 Å². The first-order valence-electron chi connectivity index (χ1n) is 7.20. The van der Waals surface area contributed by atoms with Gasteiger partial charge in [-0.2, -0.15) is 8.78 Å². The van der Waals surface area contributed by atoms with Crippen LogP contribution in [-0.4, -0.2) is 25.4 Å². The van der Waals surface area contributed by atoms with Crippen molar-refractivity contribution in [3.8, 4) is 11.4 Å². The molecular weight excluding hydrogens is 316 g/mol. The van der Waals surface area contributed by atoms with Crippen LogP contribution in [0, 0.1) is 0 Å². The predicted octanol–water partition coefficient (Wildman–Crippen LogP) is 3.10. The van der Waals surface area contributed by atoms with Crippen molar-refractivity contribution in [2.75, 3.05) is 5.32 Å². The molecule has 0 saturated carbocycles. The first-order valence-corrected chi connectivity index (χ1v) is 7.20. The third kappa shape index (κ3) is 2.94. The second-order valence-corrected chi connectivity index (χ2v) is 5.58. The number of nitrogens with one attached hydrogen (secondary N) is 1. The van der Waals surface area contributed by atoms with E-state index in [9.17, 15) is 13.6 Å². The predicted molar refractivity (Wildman–Crippen MR) is 85.6 cm³/mol. The maximum absolute atomic E-state index is 13.5. The summed E-state index contributed by atoms with van der Waals surface area (Å²) in [6.45, 7) is 2.18. The summed E-state index contributed by atoms with van der Waals surface area (Å²) in [6.07, 6.45) is 4.66. The number of carbonyl (C=O) groups is 1. The summed E-state index contributed by atoms with van der Waals surface area (Å²) in [5.74, 6) is -2.73. The van der Waals surface area contributed by atoms with E-state index in [1.165, 1.54) is 19.2 Å². The number of pyridine rings is 1. The number of fused-ring (bicyclic) bond motifs is 1. The van der Waals surface area contributed by atoms with Gasteiger partial charge in [-0.05, 0) is 12.1 Å². The zero-order chi connectivity index (χ0) is 17.5. The molecule has 0 aliphatic rings. The van der Waals surface area contributed by atoms with Crippen molar-refractivity contribution >= 4 is 22.6 Å². The molecule has 0 radical (unpaired) electrons. The van der Waals surface area contributed by atoms with E-state index in [1.54, 1.807) is 23.0 Å². The molecule has 0 saturated heterocycles. The quantitative estimate of drug-likeness (QED) is 0.800. The highest BCUT2D eigenvalue weighted by atomic mass is 19.3. The molecule has 3 heterocycles. The van der Waals surface area contributed by atoms with Crippen molar-refractivity contribution < 1.29 is 13.6 Å². The Hall–Kier alpha value is -2.90. The third-order valence-corrected chi connectivity index (χ3v) is 3.53. The lowest BCUT2D eigenvalue weighted by Gasteiger charge is -2.10. The summed E-state index contributed by atoms with van der Waals surface area (Å²) in [6, 6.07) is 2.87. The normalized spacial score (nSPS) is 11.7. The topological polar surface area (TPSA) is 72.7 Å². The molecule has 0 aromatic carbocycles. The Bertz CT molecular complexity index is 930. The number of hydrogen-bond acceptors (Lipinski definition) is 4. The number of hydrogen-bond donors (Lipinski definition) is 1. The molecule has 0 aliphatic carbocycles. The van der Waals surface area contributed by atoms with Gasteiger partial charge in [-0.25, -0.2) is 15.0 Å². The largest absolute Gasteiger partial charge is 0.349 e. The number of alkyl halides is 2. The van der Waals surface area contributed by atoms with E-state index >= 15 is 0 Å². The van der Waals surface area contributed by atoms with Crippen LogP contribution in [0.25, 0.3) is 22.3 Å². The van der Waals surface area contributed by atoms with Gasteiger partial charge >= 0.3 is 0 Å². The standard InChI is InChI=1S/C16H15F2N5O/c1-9(24)21-14-6-10-11(8-23(3)12(10)7-20-14)15-19-5-4-13(22-15)16(2,17)18/h4-8H,1-3H3,(H,20,21,24). The van der Waals surface area contributed by atoms with E-state index in [4.69, 9.17) is 0 Å². The molecule has 0 bridgehead atoms. The number of rotatable bonds is 3. The highest BCUT2D eigenvalue weighted by molar-refractivity contribution is 5.97. The molecule has 1 amide bonds. The van der Waals surface area contributed by atoms with Crippen LogP contribution >= 0.6 is 0 Å². The van der Waals surface area contributed by atoms with Crippen molar-refractivity contribution in [1.82, 2.24) is 19.5 Å². The molecule has 6 nitrogen and oxygen atoms in total. The Kier molecular flexibility index (Phi) is 3.75. The van der Waals surface area contributed by atoms with Crippen molar-refractivity contribution in [3.05, 3.63) is 36.4 Å². The number of nitrogens with zero attached hydrogens (tertiary/aromatic N) is 4. The van der Waals surface area contributed by atoms with Crippen LogP contribution in [0.4, 0.5) is 14.6 Å². The molecule has 3 aromatic heterocycles. The van der Waals surface area contributed by atoms with Crippen LogP contribution in [0.3, 0.4) is 0 Å². The van der Waals surface area contributed by atoms with Crippen LogP contribution in [0.15, 0.2) is 30.7 Å². The molecule has 0 atom stereocenters. The Morgan fingerprint density at radius 2 is 2.08 bits per heavy atom. The van der Waals surface area contributed by atoms with Crippen LogP contribution < -0.4 is 5.32 Å². The number of aryl methyl sites for hydroxylation is 1. The molecule has 24 heavy (non-hydrogen) atoms. The van der Waals surface area contributed by atoms with E-state index in [0.717, 1.165) is 12.4 Å². The van der Waals surface area contributed by atoms with Gasteiger partial charge in [0.15, 0.2) is 5.82 Å². The van der Waals surface area contributed by atoms with E-state index < -0.39 is 5.92 Å². The van der Waals surface area contributed by atoms with Gasteiger partial charge in [-0.3, -0.25) is 4.79 Å². The first-order chi connectivity index (χ1) is 11.3. The van der Waals surface area contributed by atoms with E-state index in [1.807, 2.05) is 7.05 Å². The second-order valence-electron chi connectivity index (χ2n) is 5.58. The monoisotopic (exact) mass is 331 g/mol. The molecule has 8 heteroatoms. The van der Waals surface area contributed by atoms with Crippen molar-refractivity contribution in [3.63, 3.8) is 0 Å². The molecule has 1 N–H and O–H groups in total. The first kappa shape index (κ1) is 16.0. The van der Waals surface area contributed by atoms with Crippen LogP contribution in [0.1, 0.15) is 19.5 Å². The summed E-state index contributed by atoms with van der Waals surface area (Å²) < 4.78 is 28.8. The van der Waals surface area contributed by atoms with Gasteiger partial charge < -0.3 is 9.88 Å². The summed E-state index contributed by atoms with van der Waals surface area (Å²) in [4.78, 5) is 23.5. The molecule has 3 aromatic rings. The fourth-order valence-electron chi connectivity index (χ4n) is 2.44. The van der Waals surface area contributed by atoms with E-state index in [2.05, 4.69) is 20.3 Å². The summed E-state index contributed by atoms with van der Waals surface area (Å²) in [5, 5.41) is 3.32. The lowest BCUT2D eigenvalue weighted by atomic mass is 10.2. The number of halogens is 2. The smallest absolute Gasteiger partial charge is 0.287 e. The molecule has 0 spiro atoms. The van der Waals surface area contributed by atoms with Crippen LogP contribution in [0.5, 0.6) is 0 Å². The second kappa shape index (κ2) is 5.63. The van der Waals surface area contributed by atoms with Crippen molar-refractivity contribution in [2.24, 2.45) is 7.05 Å². The lowest BCUT2D eigenvalue weighted by molar-refractivity contribution is -0.114. The number of aromatic nitrogens is 4. The van der Waals surface area contributed by atoms with Gasteiger partial charge in [0.05, 0.1) is 11.7 Å². The molecule has 3 rings (SSSR count). The fraction of sp³-hybridized carbons (Fsp3) is 0.250. The zero-order valence-electron chi connectivity index (χ0n) is 13.3. The average molecular weight is 331 g/mol. The Balaban J connectivity index is 2.17. The SMILES string of the molecule is CC(=O)Nc1cc2c(-c3nccc(C(C)(F)F)n3)cn(C)c2cn1. The molecule has 124 valence electrons. The third-order valence-electron chi connectivity index (χ3n) is 3.53. The Morgan fingerprint density at radius 3 is 2.75 bits per heavy atom. The highest BCUT2D eigenvalue weighted by Crippen LogP contribution is 2.31. The van der Waals surface area contributed by atoms with Crippen molar-refractivity contribution in [1.29, 1.82) is 0 Å². The number of amides is 1. The zero-order valence-corrected chi connectivity index (χ0v) is 13.3. The van der Waals surface area contributed by atoms with Gasteiger partial charge in [0.2, 0.25) is 5.91 Å². The molecule has 0 unspecified atom stereocenters. The van der Waals surface area contributed by atoms with E-state index in [0.29, 0.717) is 16.8 Å². The summed E-state index contributed by atoms with van der Waals surface area (Å²) in [7, 11) is 1.81. The summed E-state index contributed by atoms with van der Waals surface area (Å²) >= 11 is 0. The van der Waals surface area contributed by atoms with Crippen molar-refractivity contribution in [2.45, 2.75) is 19.8 Å². The lowest BCUT2D eigenvalue weighted by Crippen LogP contribution is -2.10. The van der Waals surface area contributed by atoms with Crippen LogP contribution in [0.2, 0.25) is 0 Å². The minimum atomic E-state index is -3.05. The van der Waals surface area contributed by atoms with Gasteiger partial charge in [0, 0.05) is 44.2 Å². The van der Waals surface area contributed by atoms with Gasteiger partial charge in [0.1, 0.15) is 11.5 Å². The molecule has 0 fully saturated rings. The maximum atomic E-state index is 13.5. The molecule has 0 aliphatic heterocycles. The minimum absolute atomic E-state index is 0.194. The molecular formula is C16H15F2N5O. The number of anilines is 1. The van der Waals surface area contributed by atoms with Gasteiger partial charge in [-0.15, -0.1) is 0 Å². The number of carbonyl (C=O) groups excluding carboxylic acids is 1.